The first-order chi connectivity index (χ1) is 7.74. The molecule has 0 aliphatic rings. The molecule has 1 N–H and O–H groups in total. The summed E-state index contributed by atoms with van der Waals surface area (Å²) in [6, 6.07) is 0.556. The van der Waals surface area contributed by atoms with Crippen molar-refractivity contribution in [2.75, 3.05) is 7.11 Å². The largest absolute Gasteiger partial charge is 0.573 e. The lowest BCUT2D eigenvalue weighted by molar-refractivity contribution is -0.275. The fourth-order valence-electron chi connectivity index (χ4n) is 0.938. The van der Waals surface area contributed by atoms with Gasteiger partial charge in [-0.2, -0.15) is 0 Å². The second-order valence-electron chi connectivity index (χ2n) is 2.69. The molecule has 0 spiro atoms. The zero-order valence-corrected chi connectivity index (χ0v) is 8.96. The van der Waals surface area contributed by atoms with E-state index in [1.807, 2.05) is 0 Å². The number of carbonyl (C=O) groups excluding carboxylic acids is 1. The first kappa shape index (κ1) is 13.4. The van der Waals surface area contributed by atoms with E-state index in [0.29, 0.717) is 6.07 Å². The molecule has 0 atom stereocenters. The van der Waals surface area contributed by atoms with Crippen molar-refractivity contribution in [3.63, 3.8) is 0 Å². The minimum Gasteiger partial charge on any atom is -0.501 e. The summed E-state index contributed by atoms with van der Waals surface area (Å²) in [6.07, 6.45) is -5.03. The van der Waals surface area contributed by atoms with Crippen LogP contribution in [0.3, 0.4) is 0 Å². The standard InChI is InChI=1S/C8H5ClF3NO4/c1-16-7-5(14)4(17-8(10,11)12)2-3(13-7)6(9)15/h2,14H,1H3. The predicted octanol–water partition coefficient (Wildman–Crippen LogP) is 2.07. The Bertz CT molecular complexity index is 449. The lowest BCUT2D eigenvalue weighted by atomic mass is 10.3. The zero-order chi connectivity index (χ0) is 13.2. The van der Waals surface area contributed by atoms with E-state index in [2.05, 4.69) is 14.5 Å². The van der Waals surface area contributed by atoms with Crippen LogP contribution in [0.1, 0.15) is 10.5 Å². The van der Waals surface area contributed by atoms with E-state index < -0.39 is 34.7 Å². The van der Waals surface area contributed by atoms with E-state index in [-0.39, 0.29) is 0 Å². The third-order valence-corrected chi connectivity index (χ3v) is 1.74. The monoisotopic (exact) mass is 271 g/mol. The predicted molar refractivity (Wildman–Crippen MR) is 49.3 cm³/mol. The number of alkyl halides is 3. The number of methoxy groups -OCH3 is 1. The van der Waals surface area contributed by atoms with Crippen molar-refractivity contribution >= 4 is 16.8 Å². The van der Waals surface area contributed by atoms with Crippen LogP contribution in [0.25, 0.3) is 0 Å². The molecule has 0 amide bonds. The van der Waals surface area contributed by atoms with Gasteiger partial charge in [0.25, 0.3) is 11.1 Å². The average molecular weight is 272 g/mol. The number of hydrogen-bond acceptors (Lipinski definition) is 5. The molecule has 0 unspecified atom stereocenters. The van der Waals surface area contributed by atoms with Gasteiger partial charge in [0.2, 0.25) is 5.75 Å². The Balaban J connectivity index is 3.28. The molecular weight excluding hydrogens is 267 g/mol. The molecule has 0 saturated heterocycles. The molecular formula is C8H5ClF3NO4. The molecule has 1 aromatic rings. The summed E-state index contributed by atoms with van der Waals surface area (Å²) in [5.41, 5.74) is -0.541. The smallest absolute Gasteiger partial charge is 0.501 e. The van der Waals surface area contributed by atoms with Crippen molar-refractivity contribution in [2.45, 2.75) is 6.36 Å². The van der Waals surface area contributed by atoms with Crippen molar-refractivity contribution in [1.29, 1.82) is 0 Å². The summed E-state index contributed by atoms with van der Waals surface area (Å²) in [4.78, 5) is 14.2. The van der Waals surface area contributed by atoms with Crippen molar-refractivity contribution in [2.24, 2.45) is 0 Å². The number of pyridine rings is 1. The van der Waals surface area contributed by atoms with Crippen molar-refractivity contribution in [3.8, 4) is 17.4 Å². The van der Waals surface area contributed by atoms with Crippen LogP contribution in [0.2, 0.25) is 0 Å². The quantitative estimate of drug-likeness (QED) is 0.852. The first-order valence-electron chi connectivity index (χ1n) is 3.98. The van der Waals surface area contributed by atoms with Gasteiger partial charge in [-0.25, -0.2) is 4.98 Å². The Hall–Kier alpha value is -1.70. The molecule has 0 aromatic carbocycles. The number of aromatic hydroxyl groups is 1. The molecule has 1 heterocycles. The van der Waals surface area contributed by atoms with Gasteiger partial charge in [-0.05, 0) is 11.6 Å². The Labute approximate surface area is 97.7 Å². The maximum absolute atomic E-state index is 12.0. The molecule has 17 heavy (non-hydrogen) atoms. The van der Waals surface area contributed by atoms with Gasteiger partial charge in [-0.1, -0.05) is 0 Å². The third-order valence-electron chi connectivity index (χ3n) is 1.55. The number of rotatable bonds is 3. The van der Waals surface area contributed by atoms with Gasteiger partial charge < -0.3 is 14.6 Å². The van der Waals surface area contributed by atoms with E-state index in [1.165, 1.54) is 0 Å². The Morgan fingerprint density at radius 1 is 1.53 bits per heavy atom. The van der Waals surface area contributed by atoms with Crippen LogP contribution >= 0.6 is 11.6 Å². The van der Waals surface area contributed by atoms with Crippen molar-refractivity contribution in [3.05, 3.63) is 11.8 Å². The normalized spacial score (nSPS) is 11.1. The highest BCUT2D eigenvalue weighted by Crippen LogP contribution is 2.38. The van der Waals surface area contributed by atoms with Gasteiger partial charge in [-0.3, -0.25) is 4.79 Å². The van der Waals surface area contributed by atoms with E-state index in [0.717, 1.165) is 7.11 Å². The fourth-order valence-corrected chi connectivity index (χ4v) is 1.03. The third kappa shape index (κ3) is 3.38. The van der Waals surface area contributed by atoms with Crippen molar-refractivity contribution < 1.29 is 32.5 Å². The van der Waals surface area contributed by atoms with Gasteiger partial charge >= 0.3 is 6.36 Å². The van der Waals surface area contributed by atoms with Crippen LogP contribution in [-0.4, -0.2) is 28.8 Å². The fraction of sp³-hybridized carbons (Fsp3) is 0.250. The number of carbonyl (C=O) groups is 1. The SMILES string of the molecule is COc1nc(C(=O)Cl)cc(OC(F)(F)F)c1O. The Morgan fingerprint density at radius 3 is 2.53 bits per heavy atom. The van der Waals surface area contributed by atoms with E-state index in [1.54, 1.807) is 0 Å². The molecule has 0 aliphatic heterocycles. The molecule has 0 fully saturated rings. The Morgan fingerprint density at radius 2 is 2.12 bits per heavy atom. The maximum atomic E-state index is 12.0. The number of aromatic nitrogens is 1. The molecule has 94 valence electrons. The summed E-state index contributed by atoms with van der Waals surface area (Å²) >= 11 is 5.05. The highest BCUT2D eigenvalue weighted by Gasteiger charge is 2.33. The van der Waals surface area contributed by atoms with Crippen LogP contribution in [0.5, 0.6) is 17.4 Å². The van der Waals surface area contributed by atoms with E-state index in [9.17, 15) is 23.1 Å². The van der Waals surface area contributed by atoms with E-state index >= 15 is 0 Å². The molecule has 1 aromatic heterocycles. The van der Waals surface area contributed by atoms with Gasteiger partial charge in [0.05, 0.1) is 7.11 Å². The second-order valence-corrected chi connectivity index (χ2v) is 3.03. The van der Waals surface area contributed by atoms with Crippen molar-refractivity contribution in [1.82, 2.24) is 4.98 Å². The molecule has 5 nitrogen and oxygen atoms in total. The van der Waals surface area contributed by atoms with Gasteiger partial charge in [0.15, 0.2) is 5.75 Å². The summed E-state index contributed by atoms with van der Waals surface area (Å²) in [6.45, 7) is 0. The number of ether oxygens (including phenoxy) is 2. The van der Waals surface area contributed by atoms with E-state index in [4.69, 9.17) is 11.6 Å². The summed E-state index contributed by atoms with van der Waals surface area (Å²) in [5.74, 6) is -2.60. The minimum atomic E-state index is -5.03. The zero-order valence-electron chi connectivity index (χ0n) is 8.21. The first-order valence-corrected chi connectivity index (χ1v) is 4.36. The van der Waals surface area contributed by atoms with Crippen LogP contribution in [-0.2, 0) is 0 Å². The summed E-state index contributed by atoms with van der Waals surface area (Å²) in [7, 11) is 1.04. The maximum Gasteiger partial charge on any atom is 0.573 e. The van der Waals surface area contributed by atoms with Crippen LogP contribution in [0, 0.1) is 0 Å². The summed E-state index contributed by atoms with van der Waals surface area (Å²) < 4.78 is 43.9. The lowest BCUT2D eigenvalue weighted by Gasteiger charge is -2.12. The molecule has 9 heteroatoms. The number of hydrogen-bond donors (Lipinski definition) is 1. The van der Waals surface area contributed by atoms with Gasteiger partial charge in [0.1, 0.15) is 5.69 Å². The molecule has 0 radical (unpaired) electrons. The highest BCUT2D eigenvalue weighted by atomic mass is 35.5. The number of halogens is 4. The van der Waals surface area contributed by atoms with Crippen LogP contribution in [0.4, 0.5) is 13.2 Å². The van der Waals surface area contributed by atoms with Crippen LogP contribution in [0.15, 0.2) is 6.07 Å². The Kier molecular flexibility index (Phi) is 3.66. The highest BCUT2D eigenvalue weighted by molar-refractivity contribution is 6.67. The lowest BCUT2D eigenvalue weighted by Crippen LogP contribution is -2.17. The van der Waals surface area contributed by atoms with Gasteiger partial charge in [0, 0.05) is 6.07 Å². The molecule has 0 bridgehead atoms. The topological polar surface area (TPSA) is 68.7 Å². The summed E-state index contributed by atoms with van der Waals surface area (Å²) in [5, 5.41) is 8.18. The average Bonchev–Trinajstić information content (AvgIpc) is 2.18. The number of nitrogens with zero attached hydrogens (tertiary/aromatic N) is 1. The van der Waals surface area contributed by atoms with Crippen LogP contribution < -0.4 is 9.47 Å². The van der Waals surface area contributed by atoms with Gasteiger partial charge in [-0.15, -0.1) is 13.2 Å². The minimum absolute atomic E-state index is 0.541. The molecule has 0 saturated carbocycles. The molecule has 1 rings (SSSR count). The molecule has 0 aliphatic carbocycles. The second kappa shape index (κ2) is 4.66.